The highest BCUT2D eigenvalue weighted by atomic mass is 19.4. The lowest BCUT2D eigenvalue weighted by Gasteiger charge is -2.35. The smallest absolute Gasteiger partial charge is 0.368 e. The van der Waals surface area contributed by atoms with Gasteiger partial charge in [0.25, 0.3) is 5.91 Å². The first-order chi connectivity index (χ1) is 11.9. The van der Waals surface area contributed by atoms with Crippen molar-refractivity contribution >= 4 is 11.9 Å². The van der Waals surface area contributed by atoms with Gasteiger partial charge in [-0.25, -0.2) is 9.97 Å². The minimum Gasteiger partial charge on any atom is -0.368 e. The number of alkyl halides is 3. The van der Waals surface area contributed by atoms with Crippen LogP contribution in [-0.4, -0.2) is 65.8 Å². The van der Waals surface area contributed by atoms with Crippen LogP contribution in [0.15, 0.2) is 12.3 Å². The van der Waals surface area contributed by atoms with E-state index in [1.54, 1.807) is 4.90 Å². The molecule has 0 spiro atoms. The van der Waals surface area contributed by atoms with Crippen LogP contribution in [0, 0.1) is 0 Å². The average molecular weight is 358 g/mol. The van der Waals surface area contributed by atoms with Crippen molar-refractivity contribution in [1.82, 2.24) is 14.9 Å². The number of anilines is 1. The van der Waals surface area contributed by atoms with E-state index >= 15 is 0 Å². The largest absolute Gasteiger partial charge is 0.389 e. The molecule has 1 amide bonds. The number of hydrogen-bond acceptors (Lipinski definition) is 5. The highest BCUT2D eigenvalue weighted by molar-refractivity contribution is 5.81. The van der Waals surface area contributed by atoms with Crippen LogP contribution in [0.25, 0.3) is 0 Å². The van der Waals surface area contributed by atoms with Crippen molar-refractivity contribution in [3.05, 3.63) is 18.0 Å². The van der Waals surface area contributed by atoms with Gasteiger partial charge in [-0.05, 0) is 25.3 Å². The van der Waals surface area contributed by atoms with Gasteiger partial charge in [0.05, 0.1) is 0 Å². The molecule has 0 radical (unpaired) electrons. The van der Waals surface area contributed by atoms with Crippen LogP contribution in [0.4, 0.5) is 19.1 Å². The standard InChI is InChI=1S/C16H21F3N4O2/c17-16(18,19)5-3-12-4-6-20-15(21-12)23-9-7-22(8-10-23)14(24)13-2-1-11-25-13/h4,6,13H,1-3,5,7-11H2/t13-/m1/s1. The lowest BCUT2D eigenvalue weighted by atomic mass is 10.2. The van der Waals surface area contributed by atoms with E-state index in [1.165, 1.54) is 12.3 Å². The lowest BCUT2D eigenvalue weighted by molar-refractivity contribution is -0.141. The topological polar surface area (TPSA) is 58.6 Å². The molecule has 2 saturated heterocycles. The molecule has 0 unspecified atom stereocenters. The number of ether oxygens (including phenoxy) is 1. The molecule has 138 valence electrons. The van der Waals surface area contributed by atoms with E-state index in [0.717, 1.165) is 12.8 Å². The van der Waals surface area contributed by atoms with E-state index in [1.807, 2.05) is 4.90 Å². The molecule has 6 nitrogen and oxygen atoms in total. The van der Waals surface area contributed by atoms with E-state index in [0.29, 0.717) is 44.4 Å². The zero-order chi connectivity index (χ0) is 17.9. The van der Waals surface area contributed by atoms with Crippen molar-refractivity contribution < 1.29 is 22.7 Å². The maximum Gasteiger partial charge on any atom is 0.389 e. The van der Waals surface area contributed by atoms with Gasteiger partial charge in [0.1, 0.15) is 6.10 Å². The summed E-state index contributed by atoms with van der Waals surface area (Å²) in [6.07, 6.45) is -2.41. The van der Waals surface area contributed by atoms with Gasteiger partial charge >= 0.3 is 6.18 Å². The number of amides is 1. The van der Waals surface area contributed by atoms with Crippen molar-refractivity contribution in [3.8, 4) is 0 Å². The van der Waals surface area contributed by atoms with Crippen LogP contribution in [0.2, 0.25) is 0 Å². The summed E-state index contributed by atoms with van der Waals surface area (Å²) < 4.78 is 42.5. The van der Waals surface area contributed by atoms with Crippen LogP contribution in [0.3, 0.4) is 0 Å². The number of hydrogen-bond donors (Lipinski definition) is 0. The van der Waals surface area contributed by atoms with Gasteiger partial charge < -0.3 is 14.5 Å². The summed E-state index contributed by atoms with van der Waals surface area (Å²) >= 11 is 0. The molecule has 1 aromatic rings. The van der Waals surface area contributed by atoms with Crippen molar-refractivity contribution in [2.75, 3.05) is 37.7 Å². The van der Waals surface area contributed by atoms with Crippen LogP contribution >= 0.6 is 0 Å². The highest BCUT2D eigenvalue weighted by Crippen LogP contribution is 2.22. The molecule has 2 aliphatic rings. The maximum atomic E-state index is 12.3. The predicted molar refractivity (Wildman–Crippen MR) is 84.2 cm³/mol. The fraction of sp³-hybridized carbons (Fsp3) is 0.688. The Bertz CT molecular complexity index is 597. The van der Waals surface area contributed by atoms with Crippen LogP contribution in [-0.2, 0) is 16.0 Å². The third-order valence-electron chi connectivity index (χ3n) is 4.44. The Balaban J connectivity index is 1.54. The van der Waals surface area contributed by atoms with Gasteiger partial charge in [0.15, 0.2) is 0 Å². The van der Waals surface area contributed by atoms with E-state index < -0.39 is 12.6 Å². The second-order valence-corrected chi connectivity index (χ2v) is 6.28. The minimum atomic E-state index is -4.20. The van der Waals surface area contributed by atoms with Crippen molar-refractivity contribution in [2.24, 2.45) is 0 Å². The molecule has 0 saturated carbocycles. The molecule has 0 aliphatic carbocycles. The summed E-state index contributed by atoms with van der Waals surface area (Å²) in [6, 6.07) is 1.51. The molecular weight excluding hydrogens is 337 g/mol. The van der Waals surface area contributed by atoms with Gasteiger partial charge in [-0.1, -0.05) is 0 Å². The fourth-order valence-electron chi connectivity index (χ4n) is 3.05. The van der Waals surface area contributed by atoms with E-state index in [4.69, 9.17) is 4.74 Å². The van der Waals surface area contributed by atoms with E-state index in [-0.39, 0.29) is 18.4 Å². The second kappa shape index (κ2) is 7.55. The molecule has 0 aromatic carbocycles. The van der Waals surface area contributed by atoms with E-state index in [9.17, 15) is 18.0 Å². The number of halogens is 3. The molecule has 2 aliphatic heterocycles. The number of nitrogens with zero attached hydrogens (tertiary/aromatic N) is 4. The Morgan fingerprint density at radius 1 is 1.28 bits per heavy atom. The first-order valence-corrected chi connectivity index (χ1v) is 8.46. The highest BCUT2D eigenvalue weighted by Gasteiger charge is 2.31. The summed E-state index contributed by atoms with van der Waals surface area (Å²) in [4.78, 5) is 24.4. The van der Waals surface area contributed by atoms with Crippen molar-refractivity contribution in [2.45, 2.75) is 38.0 Å². The van der Waals surface area contributed by atoms with Crippen LogP contribution in [0.1, 0.15) is 25.0 Å². The van der Waals surface area contributed by atoms with Gasteiger partial charge in [-0.15, -0.1) is 0 Å². The van der Waals surface area contributed by atoms with Gasteiger partial charge in [0.2, 0.25) is 5.95 Å². The number of carbonyl (C=O) groups is 1. The molecule has 3 rings (SSSR count). The van der Waals surface area contributed by atoms with Crippen LogP contribution in [0.5, 0.6) is 0 Å². The first-order valence-electron chi connectivity index (χ1n) is 8.46. The maximum absolute atomic E-state index is 12.3. The first kappa shape index (κ1) is 17.9. The quantitative estimate of drug-likeness (QED) is 0.822. The second-order valence-electron chi connectivity index (χ2n) is 6.28. The third-order valence-corrected chi connectivity index (χ3v) is 4.44. The van der Waals surface area contributed by atoms with Crippen LogP contribution < -0.4 is 4.90 Å². The lowest BCUT2D eigenvalue weighted by Crippen LogP contribution is -2.51. The summed E-state index contributed by atoms with van der Waals surface area (Å²) in [5, 5.41) is 0. The summed E-state index contributed by atoms with van der Waals surface area (Å²) in [7, 11) is 0. The number of aromatic nitrogens is 2. The Morgan fingerprint density at radius 2 is 2.04 bits per heavy atom. The summed E-state index contributed by atoms with van der Waals surface area (Å²) in [5.74, 6) is 0.445. The molecular formula is C16H21F3N4O2. The average Bonchev–Trinajstić information content (AvgIpc) is 3.14. The number of rotatable bonds is 4. The normalized spacial score (nSPS) is 21.6. The minimum absolute atomic E-state index is 0.0250. The molecule has 0 bridgehead atoms. The molecule has 25 heavy (non-hydrogen) atoms. The Kier molecular flexibility index (Phi) is 5.41. The zero-order valence-electron chi connectivity index (χ0n) is 13.8. The Hall–Kier alpha value is -1.90. The van der Waals surface area contributed by atoms with Gasteiger partial charge in [-0.2, -0.15) is 13.2 Å². The predicted octanol–water partition coefficient (Wildman–Crippen LogP) is 1.80. The Labute approximate surface area is 144 Å². The Morgan fingerprint density at radius 3 is 2.68 bits per heavy atom. The molecule has 2 fully saturated rings. The van der Waals surface area contributed by atoms with E-state index in [2.05, 4.69) is 9.97 Å². The van der Waals surface area contributed by atoms with Gasteiger partial charge in [0, 0.05) is 51.1 Å². The zero-order valence-corrected chi connectivity index (χ0v) is 13.8. The molecule has 0 N–H and O–H groups in total. The fourth-order valence-corrected chi connectivity index (χ4v) is 3.05. The molecule has 1 aromatic heterocycles. The third kappa shape index (κ3) is 4.81. The SMILES string of the molecule is O=C([C@H]1CCCO1)N1CCN(c2nccc(CCC(F)(F)F)n2)CC1. The monoisotopic (exact) mass is 358 g/mol. The molecule has 9 heteroatoms. The summed E-state index contributed by atoms with van der Waals surface area (Å²) in [5.41, 5.74) is 0.375. The molecule has 3 heterocycles. The number of carbonyl (C=O) groups excluding carboxylic acids is 1. The van der Waals surface area contributed by atoms with Gasteiger partial charge in [-0.3, -0.25) is 4.79 Å². The molecule has 1 atom stereocenters. The number of aryl methyl sites for hydroxylation is 1. The summed E-state index contributed by atoms with van der Waals surface area (Å²) in [6.45, 7) is 2.82. The number of piperazine rings is 1. The van der Waals surface area contributed by atoms with Crippen molar-refractivity contribution in [1.29, 1.82) is 0 Å². The van der Waals surface area contributed by atoms with Crippen molar-refractivity contribution in [3.63, 3.8) is 0 Å².